The zero-order valence-electron chi connectivity index (χ0n) is 10.7. The van der Waals surface area contributed by atoms with Gasteiger partial charge in [0.05, 0.1) is 10.5 Å². The van der Waals surface area contributed by atoms with E-state index in [0.29, 0.717) is 20.7 Å². The quantitative estimate of drug-likeness (QED) is 0.382. The highest BCUT2D eigenvalue weighted by Crippen LogP contribution is 2.39. The van der Waals surface area contributed by atoms with Gasteiger partial charge in [0.15, 0.2) is 10.6 Å². The van der Waals surface area contributed by atoms with Crippen molar-refractivity contribution >= 4 is 40.5 Å². The summed E-state index contributed by atoms with van der Waals surface area (Å²) >= 11 is 2.15. The van der Waals surface area contributed by atoms with Crippen LogP contribution in [0.1, 0.15) is 10.4 Å². The Bertz CT molecular complexity index is 689. The average molecular weight is 326 g/mol. The van der Waals surface area contributed by atoms with E-state index in [1.54, 1.807) is 0 Å². The number of nitrogens with zero attached hydrogens (tertiary/aromatic N) is 2. The first kappa shape index (κ1) is 15.1. The molecular formula is C11H10N4O4S2. The number of aldehydes is 1. The number of hydrogen-bond donors (Lipinski definition) is 4. The van der Waals surface area contributed by atoms with E-state index in [-0.39, 0.29) is 17.1 Å². The van der Waals surface area contributed by atoms with Gasteiger partial charge < -0.3 is 15.5 Å². The van der Waals surface area contributed by atoms with Crippen molar-refractivity contribution in [1.29, 1.82) is 0 Å². The molecule has 110 valence electrons. The fourth-order valence-corrected chi connectivity index (χ4v) is 3.05. The van der Waals surface area contributed by atoms with Crippen molar-refractivity contribution in [3.63, 3.8) is 0 Å². The standard InChI is InChI=1S/C11H10N4O4S2/c1-12-9(19)13-10-14-15-11(21-10)20-8-3-6(17)5(4-16)2-7(8)18/h2-4,17-18H,1H3,(H2,12,13,14,19). The Balaban J connectivity index is 2.17. The van der Waals surface area contributed by atoms with Gasteiger partial charge in [0, 0.05) is 7.05 Å². The number of carbonyl (C=O) groups excluding carboxylic acids is 2. The number of anilines is 1. The number of phenols is 2. The topological polar surface area (TPSA) is 124 Å². The summed E-state index contributed by atoms with van der Waals surface area (Å²) in [7, 11) is 1.47. The molecule has 0 aliphatic rings. The molecule has 0 spiro atoms. The van der Waals surface area contributed by atoms with Crippen LogP contribution in [0.25, 0.3) is 0 Å². The molecule has 10 heteroatoms. The smallest absolute Gasteiger partial charge is 0.320 e. The summed E-state index contributed by atoms with van der Waals surface area (Å²) in [6.45, 7) is 0. The highest BCUT2D eigenvalue weighted by Gasteiger charge is 2.13. The van der Waals surface area contributed by atoms with Crippen molar-refractivity contribution in [2.75, 3.05) is 12.4 Å². The zero-order chi connectivity index (χ0) is 15.4. The van der Waals surface area contributed by atoms with E-state index in [2.05, 4.69) is 20.8 Å². The van der Waals surface area contributed by atoms with Gasteiger partial charge in [0.2, 0.25) is 5.13 Å². The Morgan fingerprint density at radius 1 is 1.33 bits per heavy atom. The maximum Gasteiger partial charge on any atom is 0.320 e. The number of aromatic hydroxyl groups is 2. The zero-order valence-corrected chi connectivity index (χ0v) is 12.3. The third-order valence-corrected chi connectivity index (χ3v) is 4.22. The van der Waals surface area contributed by atoms with Crippen molar-refractivity contribution in [3.8, 4) is 11.5 Å². The maximum absolute atomic E-state index is 11.1. The summed E-state index contributed by atoms with van der Waals surface area (Å²) in [5.74, 6) is -0.394. The molecule has 8 nitrogen and oxygen atoms in total. The Kier molecular flexibility index (Phi) is 4.60. The van der Waals surface area contributed by atoms with Crippen LogP contribution in [0.3, 0.4) is 0 Å². The first-order chi connectivity index (χ1) is 10.0. The molecule has 2 amide bonds. The van der Waals surface area contributed by atoms with Crippen LogP contribution in [0.15, 0.2) is 21.4 Å². The molecule has 0 saturated heterocycles. The lowest BCUT2D eigenvalue weighted by Crippen LogP contribution is -2.24. The fourth-order valence-electron chi connectivity index (χ4n) is 1.31. The van der Waals surface area contributed by atoms with Gasteiger partial charge in [-0.1, -0.05) is 23.1 Å². The molecule has 0 aliphatic heterocycles. The van der Waals surface area contributed by atoms with Gasteiger partial charge >= 0.3 is 6.03 Å². The van der Waals surface area contributed by atoms with Gasteiger partial charge in [-0.3, -0.25) is 10.1 Å². The number of urea groups is 1. The lowest BCUT2D eigenvalue weighted by atomic mass is 10.2. The van der Waals surface area contributed by atoms with Crippen molar-refractivity contribution < 1.29 is 19.8 Å². The van der Waals surface area contributed by atoms with Gasteiger partial charge in [-0.2, -0.15) is 0 Å². The van der Waals surface area contributed by atoms with Gasteiger partial charge in [0.25, 0.3) is 0 Å². The minimum atomic E-state index is -0.418. The van der Waals surface area contributed by atoms with E-state index in [9.17, 15) is 19.8 Å². The summed E-state index contributed by atoms with van der Waals surface area (Å²) < 4.78 is 0.454. The number of phenolic OH excluding ortho intramolecular Hbond substituents is 2. The Hall–Kier alpha value is -2.33. The van der Waals surface area contributed by atoms with E-state index in [4.69, 9.17) is 0 Å². The highest BCUT2D eigenvalue weighted by atomic mass is 32.2. The van der Waals surface area contributed by atoms with Crippen molar-refractivity contribution in [1.82, 2.24) is 15.5 Å². The normalized spacial score (nSPS) is 10.1. The minimum Gasteiger partial charge on any atom is -0.507 e. The molecule has 0 unspecified atom stereocenters. The van der Waals surface area contributed by atoms with Crippen molar-refractivity contribution in [2.24, 2.45) is 0 Å². The third kappa shape index (κ3) is 3.61. The number of nitrogens with one attached hydrogen (secondary N) is 2. The summed E-state index contributed by atoms with van der Waals surface area (Å²) in [6.07, 6.45) is 0.444. The molecule has 21 heavy (non-hydrogen) atoms. The molecule has 1 aromatic heterocycles. The Morgan fingerprint density at radius 2 is 2.10 bits per heavy atom. The van der Waals surface area contributed by atoms with Crippen LogP contribution in [0.2, 0.25) is 0 Å². The van der Waals surface area contributed by atoms with E-state index in [1.165, 1.54) is 13.1 Å². The first-order valence-corrected chi connectivity index (χ1v) is 7.18. The van der Waals surface area contributed by atoms with Gasteiger partial charge in [-0.15, -0.1) is 10.2 Å². The molecule has 2 aromatic rings. The van der Waals surface area contributed by atoms with Crippen LogP contribution in [0.5, 0.6) is 11.5 Å². The maximum atomic E-state index is 11.1. The number of amides is 2. The minimum absolute atomic E-state index is 0.00362. The molecule has 0 bridgehead atoms. The van der Waals surface area contributed by atoms with Crippen LogP contribution in [-0.4, -0.2) is 39.8 Å². The lowest BCUT2D eigenvalue weighted by molar-refractivity contribution is 0.112. The first-order valence-electron chi connectivity index (χ1n) is 5.54. The molecule has 0 aliphatic carbocycles. The second-order valence-corrected chi connectivity index (χ2v) is 5.94. The Morgan fingerprint density at radius 3 is 2.76 bits per heavy atom. The summed E-state index contributed by atoms with van der Waals surface area (Å²) in [4.78, 5) is 22.1. The van der Waals surface area contributed by atoms with Gasteiger partial charge in [-0.05, 0) is 12.1 Å². The largest absolute Gasteiger partial charge is 0.507 e. The monoisotopic (exact) mass is 326 g/mol. The summed E-state index contributed by atoms with van der Waals surface area (Å²) in [5.41, 5.74) is -0.00362. The molecule has 0 radical (unpaired) electrons. The van der Waals surface area contributed by atoms with Crippen LogP contribution in [0, 0.1) is 0 Å². The number of rotatable bonds is 4. The van der Waals surface area contributed by atoms with E-state index in [0.717, 1.165) is 29.2 Å². The SMILES string of the molecule is CNC(=O)Nc1nnc(Sc2cc(O)c(C=O)cc2O)s1. The van der Waals surface area contributed by atoms with E-state index < -0.39 is 6.03 Å². The molecule has 0 fully saturated rings. The molecule has 0 saturated carbocycles. The molecule has 4 N–H and O–H groups in total. The second kappa shape index (κ2) is 6.41. The van der Waals surface area contributed by atoms with Crippen LogP contribution in [0.4, 0.5) is 9.93 Å². The fraction of sp³-hybridized carbons (Fsp3) is 0.0909. The molecule has 1 heterocycles. The number of hydrogen-bond acceptors (Lipinski definition) is 8. The van der Waals surface area contributed by atoms with E-state index in [1.807, 2.05) is 0 Å². The highest BCUT2D eigenvalue weighted by molar-refractivity contribution is 8.01. The lowest BCUT2D eigenvalue weighted by Gasteiger charge is -2.04. The van der Waals surface area contributed by atoms with Gasteiger partial charge in [0.1, 0.15) is 11.5 Å². The van der Waals surface area contributed by atoms with Crippen LogP contribution >= 0.6 is 23.1 Å². The second-order valence-electron chi connectivity index (χ2n) is 3.68. The summed E-state index contributed by atoms with van der Waals surface area (Å²) in [5, 5.41) is 32.1. The average Bonchev–Trinajstić information content (AvgIpc) is 2.89. The molecule has 2 rings (SSSR count). The number of aromatic nitrogens is 2. The number of benzene rings is 1. The van der Waals surface area contributed by atoms with Crippen LogP contribution < -0.4 is 10.6 Å². The molecule has 0 atom stereocenters. The van der Waals surface area contributed by atoms with Crippen molar-refractivity contribution in [3.05, 3.63) is 17.7 Å². The summed E-state index contributed by atoms with van der Waals surface area (Å²) in [6, 6.07) is 2.00. The van der Waals surface area contributed by atoms with Gasteiger partial charge in [-0.25, -0.2) is 4.79 Å². The Labute approximate surface area is 127 Å². The third-order valence-electron chi connectivity index (χ3n) is 2.29. The number of carbonyl (C=O) groups is 2. The molecular weight excluding hydrogens is 316 g/mol. The molecule has 1 aromatic carbocycles. The van der Waals surface area contributed by atoms with Crippen LogP contribution in [-0.2, 0) is 0 Å². The van der Waals surface area contributed by atoms with Crippen molar-refractivity contribution in [2.45, 2.75) is 9.24 Å². The van der Waals surface area contributed by atoms with E-state index >= 15 is 0 Å². The predicted octanol–water partition coefficient (Wildman–Crippen LogP) is 1.66. The predicted molar refractivity (Wildman–Crippen MR) is 77.3 cm³/mol.